The maximum Gasteiger partial charge on any atom is 0.247 e. The Balaban J connectivity index is 1.55. The van der Waals surface area contributed by atoms with Crippen LogP contribution in [-0.2, 0) is 22.0 Å². The van der Waals surface area contributed by atoms with Gasteiger partial charge in [0.15, 0.2) is 5.78 Å². The Labute approximate surface area is 219 Å². The van der Waals surface area contributed by atoms with Gasteiger partial charge in [-0.05, 0) is 43.2 Å². The number of nitrogens with zero attached hydrogens (tertiary/aromatic N) is 5. The number of halogens is 2. The molecule has 12 heteroatoms. The lowest BCUT2D eigenvalue weighted by atomic mass is 9.77. The van der Waals surface area contributed by atoms with Crippen LogP contribution in [0, 0.1) is 11.6 Å². The number of benzene rings is 1. The molecular weight excluding hydrogens is 514 g/mol. The summed E-state index contributed by atoms with van der Waals surface area (Å²) in [6.45, 7) is 2.60. The first-order valence-corrected chi connectivity index (χ1v) is 13.6. The highest BCUT2D eigenvalue weighted by Crippen LogP contribution is 2.51. The number of aliphatic imine (C=N–C) groups is 2. The van der Waals surface area contributed by atoms with Gasteiger partial charge < -0.3 is 5.73 Å². The monoisotopic (exact) mass is 542 g/mol. The summed E-state index contributed by atoms with van der Waals surface area (Å²) in [6, 6.07) is 6.56. The van der Waals surface area contributed by atoms with E-state index in [1.807, 2.05) is 11.0 Å². The highest BCUT2D eigenvalue weighted by atomic mass is 32.2. The van der Waals surface area contributed by atoms with Crippen molar-refractivity contribution in [2.75, 3.05) is 26.7 Å². The van der Waals surface area contributed by atoms with Crippen LogP contribution in [0.3, 0.4) is 0 Å². The van der Waals surface area contributed by atoms with Crippen LogP contribution in [-0.4, -0.2) is 72.0 Å². The van der Waals surface area contributed by atoms with E-state index in [0.717, 1.165) is 28.7 Å². The van der Waals surface area contributed by atoms with E-state index < -0.39 is 31.9 Å². The van der Waals surface area contributed by atoms with Gasteiger partial charge in [-0.25, -0.2) is 26.5 Å². The van der Waals surface area contributed by atoms with Crippen molar-refractivity contribution in [2.24, 2.45) is 15.7 Å². The zero-order chi connectivity index (χ0) is 27.3. The molecule has 0 aliphatic carbocycles. The quantitative estimate of drug-likeness (QED) is 0.560. The molecule has 0 bridgehead atoms. The SMILES string of the molecule is CN1C(N)=N[C@](C)(c2cc(CC(=O)c3ccc(F)cn3)ccc2F)[C@@]2(CCN(CC3=CCC=N3)C2)S1(=O)=O. The van der Waals surface area contributed by atoms with Crippen molar-refractivity contribution in [1.82, 2.24) is 14.2 Å². The molecule has 1 aromatic heterocycles. The number of likely N-dealkylation sites (tertiary alicyclic amines) is 1. The minimum atomic E-state index is -4.07. The van der Waals surface area contributed by atoms with Crippen molar-refractivity contribution in [2.45, 2.75) is 36.5 Å². The van der Waals surface area contributed by atoms with Gasteiger partial charge in [-0.3, -0.25) is 19.7 Å². The molecule has 1 aromatic carbocycles. The van der Waals surface area contributed by atoms with Crippen molar-refractivity contribution in [3.63, 3.8) is 0 Å². The maximum atomic E-state index is 15.5. The van der Waals surface area contributed by atoms with Crippen LogP contribution in [0.15, 0.2) is 58.3 Å². The molecule has 200 valence electrons. The van der Waals surface area contributed by atoms with Crippen molar-refractivity contribution < 1.29 is 22.0 Å². The Hall–Kier alpha value is -3.51. The van der Waals surface area contributed by atoms with Gasteiger partial charge in [-0.2, -0.15) is 0 Å². The van der Waals surface area contributed by atoms with Gasteiger partial charge in [-0.15, -0.1) is 0 Å². The summed E-state index contributed by atoms with van der Waals surface area (Å²) in [6.07, 6.45) is 5.53. The second kappa shape index (κ2) is 9.35. The molecule has 1 saturated heterocycles. The summed E-state index contributed by atoms with van der Waals surface area (Å²) in [5.41, 5.74) is 5.90. The van der Waals surface area contributed by atoms with E-state index in [2.05, 4.69) is 15.0 Å². The first-order chi connectivity index (χ1) is 18.0. The predicted octanol–water partition coefficient (Wildman–Crippen LogP) is 2.39. The number of pyridine rings is 1. The fourth-order valence-electron chi connectivity index (χ4n) is 5.56. The highest BCUT2D eigenvalue weighted by molar-refractivity contribution is 7.91. The number of aromatic nitrogens is 1. The van der Waals surface area contributed by atoms with Gasteiger partial charge in [0, 0.05) is 51.3 Å². The minimum absolute atomic E-state index is 0.0365. The molecule has 0 saturated carbocycles. The summed E-state index contributed by atoms with van der Waals surface area (Å²) in [5, 5.41) is 0. The Kier molecular flexibility index (Phi) is 6.42. The standard InChI is InChI=1S/C26H28F2N6O3S/c1-25(20-12-17(5-7-21(20)28)13-23(35)22-8-6-18(27)14-31-22)26(38(36,37)33(2)24(29)32-25)9-11-34(16-26)15-19-4-3-10-30-19/h4-8,10,12,14H,3,9,11,13,15-16H2,1-2H3,(H2,29,32)/t25-,26+/m1/s1. The van der Waals surface area contributed by atoms with Gasteiger partial charge >= 0.3 is 0 Å². The maximum absolute atomic E-state index is 15.5. The summed E-state index contributed by atoms with van der Waals surface area (Å²) < 4.78 is 56.2. The molecule has 2 atom stereocenters. The van der Waals surface area contributed by atoms with E-state index in [1.54, 1.807) is 13.1 Å². The van der Waals surface area contributed by atoms with Crippen molar-refractivity contribution in [3.05, 3.63) is 76.8 Å². The number of carbonyl (C=O) groups excluding carboxylic acids is 1. The van der Waals surface area contributed by atoms with Gasteiger partial charge in [-0.1, -0.05) is 12.1 Å². The number of rotatable bonds is 6. The number of guanidine groups is 1. The largest absolute Gasteiger partial charge is 0.369 e. The number of ketones is 1. The third-order valence-corrected chi connectivity index (χ3v) is 10.4. The second-order valence-electron chi connectivity index (χ2n) is 9.99. The number of hydrogen-bond acceptors (Lipinski definition) is 8. The minimum Gasteiger partial charge on any atom is -0.369 e. The van der Waals surface area contributed by atoms with Crippen molar-refractivity contribution in [3.8, 4) is 0 Å². The van der Waals surface area contributed by atoms with Gasteiger partial charge in [0.05, 0.1) is 11.9 Å². The Morgan fingerprint density at radius 2 is 2.00 bits per heavy atom. The first-order valence-electron chi connectivity index (χ1n) is 12.2. The predicted molar refractivity (Wildman–Crippen MR) is 139 cm³/mol. The Morgan fingerprint density at radius 3 is 2.68 bits per heavy atom. The van der Waals surface area contributed by atoms with Crippen LogP contribution in [0.5, 0.6) is 0 Å². The number of carbonyl (C=O) groups is 1. The number of nitrogens with two attached hydrogens (primary N) is 1. The van der Waals surface area contributed by atoms with Crippen LogP contribution in [0.2, 0.25) is 0 Å². The van der Waals surface area contributed by atoms with E-state index in [-0.39, 0.29) is 42.4 Å². The van der Waals surface area contributed by atoms with Gasteiger partial charge in [0.1, 0.15) is 27.6 Å². The number of allylic oxidation sites excluding steroid dienone is 1. The summed E-state index contributed by atoms with van der Waals surface area (Å²) >= 11 is 0. The molecule has 38 heavy (non-hydrogen) atoms. The zero-order valence-corrected chi connectivity index (χ0v) is 21.9. The summed E-state index contributed by atoms with van der Waals surface area (Å²) in [7, 11) is -2.72. The molecule has 2 N–H and O–H groups in total. The van der Waals surface area contributed by atoms with E-state index in [9.17, 15) is 17.6 Å². The summed E-state index contributed by atoms with van der Waals surface area (Å²) in [4.78, 5) is 27.5. The van der Waals surface area contributed by atoms with Crippen LogP contribution in [0.1, 0.15) is 41.4 Å². The normalized spacial score (nSPS) is 26.6. The molecular formula is C26H28F2N6O3S. The second-order valence-corrected chi connectivity index (χ2v) is 12.3. The molecule has 5 rings (SSSR count). The molecule has 1 spiro atoms. The molecule has 3 aliphatic rings. The lowest BCUT2D eigenvalue weighted by molar-refractivity contribution is 0.0988. The Morgan fingerprint density at radius 1 is 1.21 bits per heavy atom. The van der Waals surface area contributed by atoms with Crippen molar-refractivity contribution >= 4 is 28.0 Å². The lowest BCUT2D eigenvalue weighted by Gasteiger charge is -2.48. The van der Waals surface area contributed by atoms with Gasteiger partial charge in [0.2, 0.25) is 16.0 Å². The molecule has 1 fully saturated rings. The lowest BCUT2D eigenvalue weighted by Crippen LogP contribution is -2.66. The Bertz CT molecular complexity index is 1490. The molecule has 4 heterocycles. The van der Waals surface area contributed by atoms with Crippen molar-refractivity contribution in [1.29, 1.82) is 0 Å². The summed E-state index contributed by atoms with van der Waals surface area (Å²) in [5.74, 6) is -1.85. The van der Waals surface area contributed by atoms with E-state index in [1.165, 1.54) is 31.3 Å². The number of sulfonamides is 1. The topological polar surface area (TPSA) is 121 Å². The van der Waals surface area contributed by atoms with Crippen LogP contribution in [0.4, 0.5) is 8.78 Å². The molecule has 3 aliphatic heterocycles. The van der Waals surface area contributed by atoms with E-state index >= 15 is 4.39 Å². The average Bonchev–Trinajstić information content (AvgIpc) is 3.55. The number of hydrogen-bond donors (Lipinski definition) is 1. The molecule has 0 amide bonds. The van der Waals surface area contributed by atoms with Crippen LogP contribution >= 0.6 is 0 Å². The smallest absolute Gasteiger partial charge is 0.247 e. The third kappa shape index (κ3) is 4.11. The average molecular weight is 543 g/mol. The first kappa shape index (κ1) is 26.1. The molecule has 9 nitrogen and oxygen atoms in total. The molecule has 0 unspecified atom stereocenters. The highest BCUT2D eigenvalue weighted by Gasteiger charge is 2.66. The van der Waals surface area contributed by atoms with E-state index in [4.69, 9.17) is 5.73 Å². The number of Topliss-reactive ketones (excluding diaryl/α,β-unsaturated/α-hetero) is 1. The van der Waals surface area contributed by atoms with Crippen LogP contribution < -0.4 is 5.73 Å². The fraction of sp³-hybridized carbons (Fsp3) is 0.385. The van der Waals surface area contributed by atoms with Gasteiger partial charge in [0.25, 0.3) is 0 Å². The van der Waals surface area contributed by atoms with Crippen LogP contribution in [0.25, 0.3) is 0 Å². The molecule has 2 aromatic rings. The third-order valence-electron chi connectivity index (χ3n) is 7.75. The zero-order valence-electron chi connectivity index (χ0n) is 21.1. The molecule has 0 radical (unpaired) electrons. The fourth-order valence-corrected chi connectivity index (χ4v) is 7.73. The van der Waals surface area contributed by atoms with E-state index in [0.29, 0.717) is 18.7 Å².